The highest BCUT2D eigenvalue weighted by Gasteiger charge is 2.50. The van der Waals surface area contributed by atoms with Gasteiger partial charge in [0.1, 0.15) is 0 Å². The van der Waals surface area contributed by atoms with Gasteiger partial charge in [0.2, 0.25) is 0 Å². The van der Waals surface area contributed by atoms with Crippen LogP contribution in [0.3, 0.4) is 0 Å². The normalized spacial score (nSPS) is 29.8. The fourth-order valence-corrected chi connectivity index (χ4v) is 3.82. The topological polar surface area (TPSA) is 21.3 Å². The van der Waals surface area contributed by atoms with Gasteiger partial charge in [-0.05, 0) is 55.8 Å². The molecule has 0 radical (unpaired) electrons. The Hall–Kier alpha value is -0.570. The number of hydrogen-bond donors (Lipinski definition) is 1. The molecule has 2 aliphatic rings. The van der Waals surface area contributed by atoms with Crippen molar-refractivity contribution in [2.75, 3.05) is 19.7 Å². The molecule has 3 rings (SSSR count). The third-order valence-electron chi connectivity index (χ3n) is 4.72. The second-order valence-electron chi connectivity index (χ2n) is 6.33. The number of hydrogen-bond acceptors (Lipinski definition) is 2. The van der Waals surface area contributed by atoms with E-state index in [1.54, 1.807) is 0 Å². The molecular formula is C17H24ClNO. The minimum absolute atomic E-state index is 0.252. The van der Waals surface area contributed by atoms with Gasteiger partial charge in [-0.15, -0.1) is 0 Å². The fraction of sp³-hybridized carbons (Fsp3) is 0.647. The first kappa shape index (κ1) is 14.4. The summed E-state index contributed by atoms with van der Waals surface area (Å²) < 4.78 is 6.12. The predicted molar refractivity (Wildman–Crippen MR) is 83.2 cm³/mol. The van der Waals surface area contributed by atoms with E-state index in [9.17, 15) is 0 Å². The second-order valence-corrected chi connectivity index (χ2v) is 6.76. The van der Waals surface area contributed by atoms with Crippen molar-refractivity contribution in [2.45, 2.75) is 38.7 Å². The van der Waals surface area contributed by atoms with Crippen molar-refractivity contribution < 1.29 is 4.74 Å². The van der Waals surface area contributed by atoms with Gasteiger partial charge in [-0.25, -0.2) is 0 Å². The number of ether oxygens (including phenoxy) is 1. The van der Waals surface area contributed by atoms with Crippen LogP contribution < -0.4 is 5.32 Å². The van der Waals surface area contributed by atoms with E-state index >= 15 is 0 Å². The largest absolute Gasteiger partial charge is 0.377 e. The van der Waals surface area contributed by atoms with Crippen LogP contribution in [-0.2, 0) is 11.2 Å². The van der Waals surface area contributed by atoms with Crippen molar-refractivity contribution in [2.24, 2.45) is 11.3 Å². The van der Waals surface area contributed by atoms with Gasteiger partial charge in [0.15, 0.2) is 0 Å². The van der Waals surface area contributed by atoms with Gasteiger partial charge >= 0.3 is 0 Å². The van der Waals surface area contributed by atoms with E-state index in [2.05, 4.69) is 30.4 Å². The molecule has 2 unspecified atom stereocenters. The highest BCUT2D eigenvalue weighted by molar-refractivity contribution is 6.30. The van der Waals surface area contributed by atoms with E-state index in [1.807, 2.05) is 6.07 Å². The molecule has 2 atom stereocenters. The van der Waals surface area contributed by atoms with Gasteiger partial charge in [0, 0.05) is 23.6 Å². The zero-order chi connectivity index (χ0) is 14.0. The summed E-state index contributed by atoms with van der Waals surface area (Å²) in [5.41, 5.74) is 1.59. The summed E-state index contributed by atoms with van der Waals surface area (Å²) >= 11 is 6.14. The lowest BCUT2D eigenvalue weighted by Crippen LogP contribution is -2.43. The molecule has 1 aliphatic heterocycles. The quantitative estimate of drug-likeness (QED) is 0.864. The maximum atomic E-state index is 6.14. The fourth-order valence-electron chi connectivity index (χ4n) is 3.61. The monoisotopic (exact) mass is 293 g/mol. The molecule has 20 heavy (non-hydrogen) atoms. The van der Waals surface area contributed by atoms with E-state index in [0.717, 1.165) is 43.5 Å². The Morgan fingerprint density at radius 1 is 1.40 bits per heavy atom. The Morgan fingerprint density at radius 2 is 2.25 bits per heavy atom. The second kappa shape index (κ2) is 6.05. The maximum Gasteiger partial charge on any atom is 0.0675 e. The SMILES string of the molecule is CCNCC1(Cc2cccc(Cl)c2)CCOC1C1CC1. The molecule has 0 spiro atoms. The molecule has 0 amide bonds. The molecule has 1 aromatic carbocycles. The zero-order valence-electron chi connectivity index (χ0n) is 12.2. The molecule has 2 fully saturated rings. The first-order chi connectivity index (χ1) is 9.73. The number of benzene rings is 1. The smallest absolute Gasteiger partial charge is 0.0675 e. The standard InChI is InChI=1S/C17H24ClNO/c1-2-19-12-17(8-9-20-16(17)14-6-7-14)11-13-4-3-5-15(18)10-13/h3-5,10,14,16,19H,2,6-9,11-12H2,1H3. The van der Waals surface area contributed by atoms with E-state index in [0.29, 0.717) is 6.10 Å². The van der Waals surface area contributed by atoms with Crippen molar-refractivity contribution >= 4 is 11.6 Å². The predicted octanol–water partition coefficient (Wildman–Crippen LogP) is 3.68. The van der Waals surface area contributed by atoms with Gasteiger partial charge in [-0.1, -0.05) is 30.7 Å². The summed E-state index contributed by atoms with van der Waals surface area (Å²) in [7, 11) is 0. The van der Waals surface area contributed by atoms with Crippen molar-refractivity contribution in [1.29, 1.82) is 0 Å². The van der Waals surface area contributed by atoms with Crippen molar-refractivity contribution in [3.8, 4) is 0 Å². The maximum absolute atomic E-state index is 6.14. The van der Waals surface area contributed by atoms with Crippen LogP contribution in [0.1, 0.15) is 31.7 Å². The molecule has 110 valence electrons. The first-order valence-corrected chi connectivity index (χ1v) is 8.18. The Labute approximate surface area is 126 Å². The zero-order valence-corrected chi connectivity index (χ0v) is 13.0. The van der Waals surface area contributed by atoms with E-state index < -0.39 is 0 Å². The number of nitrogens with one attached hydrogen (secondary N) is 1. The van der Waals surface area contributed by atoms with E-state index in [1.165, 1.54) is 18.4 Å². The Kier molecular flexibility index (Phi) is 4.34. The first-order valence-electron chi connectivity index (χ1n) is 7.80. The van der Waals surface area contributed by atoms with Crippen LogP contribution in [0.25, 0.3) is 0 Å². The molecule has 1 heterocycles. The highest BCUT2D eigenvalue weighted by Crippen LogP contribution is 2.49. The Balaban J connectivity index is 1.81. The lowest BCUT2D eigenvalue weighted by atomic mass is 9.74. The van der Waals surface area contributed by atoms with E-state index in [4.69, 9.17) is 16.3 Å². The molecule has 0 bridgehead atoms. The summed E-state index contributed by atoms with van der Waals surface area (Å²) in [5.74, 6) is 0.787. The van der Waals surface area contributed by atoms with Gasteiger partial charge in [-0.3, -0.25) is 0 Å². The summed E-state index contributed by atoms with van der Waals surface area (Å²) in [5, 5.41) is 4.40. The van der Waals surface area contributed by atoms with Crippen LogP contribution in [0.15, 0.2) is 24.3 Å². The van der Waals surface area contributed by atoms with Gasteiger partial charge in [0.05, 0.1) is 6.10 Å². The minimum atomic E-state index is 0.252. The van der Waals surface area contributed by atoms with Crippen LogP contribution in [0.4, 0.5) is 0 Å². The summed E-state index contributed by atoms with van der Waals surface area (Å²) in [6.07, 6.45) is 5.35. The lowest BCUT2D eigenvalue weighted by Gasteiger charge is -2.35. The average Bonchev–Trinajstić information content (AvgIpc) is 3.19. The van der Waals surface area contributed by atoms with Crippen LogP contribution in [-0.4, -0.2) is 25.8 Å². The Morgan fingerprint density at radius 3 is 2.95 bits per heavy atom. The third kappa shape index (κ3) is 3.03. The third-order valence-corrected chi connectivity index (χ3v) is 4.96. The van der Waals surface area contributed by atoms with Crippen LogP contribution in [0.2, 0.25) is 5.02 Å². The Bertz CT molecular complexity index is 460. The summed E-state index contributed by atoms with van der Waals surface area (Å²) in [6, 6.07) is 8.31. The molecule has 3 heteroatoms. The number of halogens is 1. The van der Waals surface area contributed by atoms with Crippen molar-refractivity contribution in [3.63, 3.8) is 0 Å². The molecule has 1 N–H and O–H groups in total. The van der Waals surface area contributed by atoms with Crippen LogP contribution in [0, 0.1) is 11.3 Å². The molecule has 1 saturated carbocycles. The van der Waals surface area contributed by atoms with Crippen LogP contribution in [0.5, 0.6) is 0 Å². The molecule has 2 nitrogen and oxygen atoms in total. The minimum Gasteiger partial charge on any atom is -0.377 e. The highest BCUT2D eigenvalue weighted by atomic mass is 35.5. The van der Waals surface area contributed by atoms with Gasteiger partial charge in [0.25, 0.3) is 0 Å². The van der Waals surface area contributed by atoms with Gasteiger partial charge < -0.3 is 10.1 Å². The molecule has 1 aliphatic carbocycles. The van der Waals surface area contributed by atoms with Crippen LogP contribution >= 0.6 is 11.6 Å². The lowest BCUT2D eigenvalue weighted by molar-refractivity contribution is 0.0309. The van der Waals surface area contributed by atoms with Gasteiger partial charge in [-0.2, -0.15) is 0 Å². The molecule has 1 aromatic rings. The number of rotatable bonds is 6. The van der Waals surface area contributed by atoms with Crippen molar-refractivity contribution in [1.82, 2.24) is 5.32 Å². The molecule has 1 saturated heterocycles. The summed E-state index contributed by atoms with van der Waals surface area (Å²) in [6.45, 7) is 5.16. The molecular weight excluding hydrogens is 270 g/mol. The van der Waals surface area contributed by atoms with Crippen molar-refractivity contribution in [3.05, 3.63) is 34.9 Å². The summed E-state index contributed by atoms with van der Waals surface area (Å²) in [4.78, 5) is 0. The van der Waals surface area contributed by atoms with E-state index in [-0.39, 0.29) is 5.41 Å². The average molecular weight is 294 g/mol. The molecule has 0 aromatic heterocycles.